The Bertz CT molecular complexity index is 932. The zero-order chi connectivity index (χ0) is 20.6. The minimum Gasteiger partial charge on any atom is -0.486 e. The van der Waals surface area contributed by atoms with Crippen molar-refractivity contribution in [2.45, 2.75) is 38.2 Å². The highest BCUT2D eigenvalue weighted by atomic mass is 35.5. The molecule has 3 rings (SSSR count). The number of hydrogen-bond donors (Lipinski definition) is 1. The standard InChI is InChI=1S/C21H23ClN4O2S/c1-3-26-19(13-28-18-11-9-17(22)10-12-18)24-25-21(26)29-14-20(27)23-15(2)16-7-5-4-6-8-16/h4-12,15H,3,13-14H2,1-2H3,(H,23,27). The molecule has 1 heterocycles. The number of ether oxygens (including phenoxy) is 1. The zero-order valence-corrected chi connectivity index (χ0v) is 17.9. The van der Waals surface area contributed by atoms with Crippen molar-refractivity contribution < 1.29 is 9.53 Å². The van der Waals surface area contributed by atoms with Crippen molar-refractivity contribution in [3.05, 3.63) is 71.0 Å². The van der Waals surface area contributed by atoms with Crippen molar-refractivity contribution in [2.24, 2.45) is 0 Å². The Morgan fingerprint density at radius 2 is 1.90 bits per heavy atom. The van der Waals surface area contributed by atoms with E-state index in [1.807, 2.05) is 60.9 Å². The summed E-state index contributed by atoms with van der Waals surface area (Å²) in [5.41, 5.74) is 1.07. The first-order chi connectivity index (χ1) is 14.1. The van der Waals surface area contributed by atoms with Crippen LogP contribution in [0.25, 0.3) is 0 Å². The lowest BCUT2D eigenvalue weighted by molar-refractivity contribution is -0.119. The molecule has 1 atom stereocenters. The lowest BCUT2D eigenvalue weighted by Gasteiger charge is -2.14. The fraction of sp³-hybridized carbons (Fsp3) is 0.286. The van der Waals surface area contributed by atoms with E-state index in [1.54, 1.807) is 12.1 Å². The van der Waals surface area contributed by atoms with Gasteiger partial charge in [0.1, 0.15) is 12.4 Å². The molecule has 0 spiro atoms. The van der Waals surface area contributed by atoms with E-state index in [4.69, 9.17) is 16.3 Å². The predicted molar refractivity (Wildman–Crippen MR) is 115 cm³/mol. The fourth-order valence-electron chi connectivity index (χ4n) is 2.77. The van der Waals surface area contributed by atoms with Gasteiger partial charge in [-0.1, -0.05) is 53.7 Å². The Hall–Kier alpha value is -2.51. The Morgan fingerprint density at radius 3 is 2.59 bits per heavy atom. The molecule has 2 aromatic carbocycles. The van der Waals surface area contributed by atoms with Crippen LogP contribution in [0.15, 0.2) is 59.8 Å². The number of benzene rings is 2. The topological polar surface area (TPSA) is 69.0 Å². The highest BCUT2D eigenvalue weighted by molar-refractivity contribution is 7.99. The van der Waals surface area contributed by atoms with Gasteiger partial charge in [0, 0.05) is 11.6 Å². The second-order valence-electron chi connectivity index (χ2n) is 6.37. The van der Waals surface area contributed by atoms with E-state index in [0.717, 1.165) is 5.56 Å². The molecule has 6 nitrogen and oxygen atoms in total. The van der Waals surface area contributed by atoms with Crippen LogP contribution in [-0.4, -0.2) is 26.4 Å². The van der Waals surface area contributed by atoms with E-state index in [1.165, 1.54) is 11.8 Å². The van der Waals surface area contributed by atoms with Crippen LogP contribution < -0.4 is 10.1 Å². The molecule has 8 heteroatoms. The molecule has 0 fully saturated rings. The lowest BCUT2D eigenvalue weighted by atomic mass is 10.1. The monoisotopic (exact) mass is 430 g/mol. The summed E-state index contributed by atoms with van der Waals surface area (Å²) in [6.07, 6.45) is 0. The van der Waals surface area contributed by atoms with Crippen molar-refractivity contribution in [1.82, 2.24) is 20.1 Å². The van der Waals surface area contributed by atoms with E-state index in [-0.39, 0.29) is 17.7 Å². The maximum absolute atomic E-state index is 12.3. The van der Waals surface area contributed by atoms with Crippen molar-refractivity contribution in [3.63, 3.8) is 0 Å². The van der Waals surface area contributed by atoms with E-state index >= 15 is 0 Å². The van der Waals surface area contributed by atoms with Crippen molar-refractivity contribution in [2.75, 3.05) is 5.75 Å². The normalized spacial score (nSPS) is 11.8. The van der Waals surface area contributed by atoms with Crippen LogP contribution in [0.5, 0.6) is 5.75 Å². The van der Waals surface area contributed by atoms with E-state index in [2.05, 4.69) is 15.5 Å². The first-order valence-corrected chi connectivity index (χ1v) is 10.7. The highest BCUT2D eigenvalue weighted by Gasteiger charge is 2.15. The molecule has 3 aromatic rings. The number of hydrogen-bond acceptors (Lipinski definition) is 5. The summed E-state index contributed by atoms with van der Waals surface area (Å²) in [5.74, 6) is 1.65. The third-order valence-corrected chi connectivity index (χ3v) is 5.52. The summed E-state index contributed by atoms with van der Waals surface area (Å²) in [4.78, 5) is 12.3. The molecule has 0 bridgehead atoms. The van der Waals surface area contributed by atoms with Gasteiger partial charge < -0.3 is 14.6 Å². The van der Waals surface area contributed by atoms with Crippen LogP contribution in [0.4, 0.5) is 0 Å². The quantitative estimate of drug-likeness (QED) is 0.506. The summed E-state index contributed by atoms with van der Waals surface area (Å²) in [5, 5.41) is 12.8. The van der Waals surface area contributed by atoms with Crippen LogP contribution in [0.1, 0.15) is 31.3 Å². The van der Waals surface area contributed by atoms with Gasteiger partial charge in [-0.05, 0) is 43.7 Å². The smallest absolute Gasteiger partial charge is 0.230 e. The maximum Gasteiger partial charge on any atom is 0.230 e. The number of nitrogens with zero attached hydrogens (tertiary/aromatic N) is 3. The van der Waals surface area contributed by atoms with Crippen molar-refractivity contribution in [1.29, 1.82) is 0 Å². The van der Waals surface area contributed by atoms with Crippen LogP contribution >= 0.6 is 23.4 Å². The largest absolute Gasteiger partial charge is 0.486 e. The van der Waals surface area contributed by atoms with Gasteiger partial charge in [0.25, 0.3) is 0 Å². The molecule has 0 aliphatic carbocycles. The highest BCUT2D eigenvalue weighted by Crippen LogP contribution is 2.20. The van der Waals surface area contributed by atoms with E-state index < -0.39 is 0 Å². The molecule has 1 aromatic heterocycles. The average molecular weight is 431 g/mol. The molecule has 1 unspecified atom stereocenters. The van der Waals surface area contributed by atoms with Gasteiger partial charge in [-0.25, -0.2) is 0 Å². The summed E-state index contributed by atoms with van der Waals surface area (Å²) >= 11 is 7.25. The molecule has 152 valence electrons. The number of aromatic nitrogens is 3. The molecule has 0 saturated heterocycles. The number of amides is 1. The van der Waals surface area contributed by atoms with Crippen LogP contribution in [0, 0.1) is 0 Å². The third kappa shape index (κ3) is 5.98. The second kappa shape index (κ2) is 10.3. The number of nitrogens with one attached hydrogen (secondary N) is 1. The molecule has 0 aliphatic rings. The van der Waals surface area contributed by atoms with Gasteiger partial charge in [0.2, 0.25) is 5.91 Å². The zero-order valence-electron chi connectivity index (χ0n) is 16.3. The second-order valence-corrected chi connectivity index (χ2v) is 7.75. The van der Waals surface area contributed by atoms with E-state index in [0.29, 0.717) is 34.9 Å². The number of thioether (sulfide) groups is 1. The van der Waals surface area contributed by atoms with Gasteiger partial charge in [-0.2, -0.15) is 0 Å². The minimum absolute atomic E-state index is 0.0447. The number of halogens is 1. The molecule has 0 radical (unpaired) electrons. The molecular formula is C21H23ClN4O2S. The van der Waals surface area contributed by atoms with Crippen LogP contribution in [0.2, 0.25) is 5.02 Å². The van der Waals surface area contributed by atoms with Crippen LogP contribution in [0.3, 0.4) is 0 Å². The first-order valence-electron chi connectivity index (χ1n) is 9.34. The molecule has 29 heavy (non-hydrogen) atoms. The molecular weight excluding hydrogens is 408 g/mol. The van der Waals surface area contributed by atoms with Gasteiger partial charge in [-0.3, -0.25) is 4.79 Å². The molecule has 1 amide bonds. The Labute approximate surface area is 179 Å². The Kier molecular flexibility index (Phi) is 7.55. The molecule has 1 N–H and O–H groups in total. The third-order valence-electron chi connectivity index (χ3n) is 4.30. The van der Waals surface area contributed by atoms with Crippen molar-refractivity contribution >= 4 is 29.3 Å². The number of rotatable bonds is 9. The van der Waals surface area contributed by atoms with Crippen molar-refractivity contribution in [3.8, 4) is 5.75 Å². The average Bonchev–Trinajstić information content (AvgIpc) is 3.14. The predicted octanol–water partition coefficient (Wildman–Crippen LogP) is 4.50. The van der Waals surface area contributed by atoms with E-state index in [9.17, 15) is 4.79 Å². The minimum atomic E-state index is -0.0454. The number of carbonyl (C=O) groups excluding carboxylic acids is 1. The first kappa shape index (κ1) is 21.2. The van der Waals surface area contributed by atoms with Gasteiger partial charge in [0.15, 0.2) is 11.0 Å². The SMILES string of the molecule is CCn1c(COc2ccc(Cl)cc2)nnc1SCC(=O)NC(C)c1ccccc1. The Balaban J connectivity index is 1.54. The van der Waals surface area contributed by atoms with Gasteiger partial charge in [0.05, 0.1) is 11.8 Å². The van der Waals surface area contributed by atoms with Crippen LogP contribution in [-0.2, 0) is 17.9 Å². The summed E-state index contributed by atoms with van der Waals surface area (Å²) < 4.78 is 7.71. The summed E-state index contributed by atoms with van der Waals surface area (Å²) in [6.45, 7) is 4.96. The number of carbonyl (C=O) groups is 1. The van der Waals surface area contributed by atoms with Gasteiger partial charge >= 0.3 is 0 Å². The summed E-state index contributed by atoms with van der Waals surface area (Å²) in [6, 6.07) is 17.0. The summed E-state index contributed by atoms with van der Waals surface area (Å²) in [7, 11) is 0. The molecule has 0 aliphatic heterocycles. The fourth-order valence-corrected chi connectivity index (χ4v) is 3.73. The lowest BCUT2D eigenvalue weighted by Crippen LogP contribution is -2.28. The Morgan fingerprint density at radius 1 is 1.17 bits per heavy atom. The van der Waals surface area contributed by atoms with Gasteiger partial charge in [-0.15, -0.1) is 10.2 Å². The maximum atomic E-state index is 12.3. The molecule has 0 saturated carbocycles.